The van der Waals surface area contributed by atoms with Crippen LogP contribution >= 0.6 is 0 Å². The van der Waals surface area contributed by atoms with Gasteiger partial charge < -0.3 is 10.1 Å². The number of rotatable bonds is 8. The number of hydrogen-bond donors (Lipinski definition) is 2. The van der Waals surface area contributed by atoms with Gasteiger partial charge in [0.05, 0.1) is 18.2 Å². The predicted octanol–water partition coefficient (Wildman–Crippen LogP) is 2.18. The van der Waals surface area contributed by atoms with Crippen LogP contribution in [-0.2, 0) is 4.79 Å². The molecule has 0 radical (unpaired) electrons. The second-order valence-corrected chi connectivity index (χ2v) is 5.83. The first-order chi connectivity index (χ1) is 13.4. The second kappa shape index (κ2) is 9.81. The summed E-state index contributed by atoms with van der Waals surface area (Å²) in [7, 11) is 1.54. The lowest BCUT2D eigenvalue weighted by molar-refractivity contribution is -0.385. The zero-order valence-corrected chi connectivity index (χ0v) is 15.5. The number of carbonyl (C=O) groups is 2. The molecular formula is C19H20N4O5. The van der Waals surface area contributed by atoms with Gasteiger partial charge in [0.1, 0.15) is 5.75 Å². The summed E-state index contributed by atoms with van der Waals surface area (Å²) >= 11 is 0. The highest BCUT2D eigenvalue weighted by atomic mass is 16.6. The number of nitro benzene ring substituents is 1. The van der Waals surface area contributed by atoms with Crippen LogP contribution in [0.3, 0.4) is 0 Å². The van der Waals surface area contributed by atoms with Crippen LogP contribution in [0.1, 0.15) is 27.9 Å². The van der Waals surface area contributed by atoms with Crippen LogP contribution in [0.4, 0.5) is 5.69 Å². The van der Waals surface area contributed by atoms with Gasteiger partial charge >= 0.3 is 0 Å². The SMILES string of the molecule is COc1ccc(C(=O)NCCC(=O)NN=Cc2ccc(C)c([N+](=O)[O-])c2)cc1. The Labute approximate surface area is 161 Å². The van der Waals surface area contributed by atoms with Crippen molar-refractivity contribution in [1.29, 1.82) is 0 Å². The van der Waals surface area contributed by atoms with Gasteiger partial charge in [-0.15, -0.1) is 0 Å². The van der Waals surface area contributed by atoms with Gasteiger partial charge in [0.15, 0.2) is 0 Å². The first-order valence-electron chi connectivity index (χ1n) is 8.40. The van der Waals surface area contributed by atoms with E-state index in [-0.39, 0.29) is 24.6 Å². The molecular weight excluding hydrogens is 364 g/mol. The van der Waals surface area contributed by atoms with Crippen molar-refractivity contribution < 1.29 is 19.2 Å². The molecule has 9 heteroatoms. The van der Waals surface area contributed by atoms with Crippen LogP contribution in [0.2, 0.25) is 0 Å². The Morgan fingerprint density at radius 1 is 1.21 bits per heavy atom. The minimum atomic E-state index is -0.475. The van der Waals surface area contributed by atoms with Crippen molar-refractivity contribution in [3.05, 3.63) is 69.3 Å². The molecule has 0 bridgehead atoms. The molecule has 2 aromatic carbocycles. The number of amides is 2. The Balaban J connectivity index is 1.78. The molecule has 0 saturated heterocycles. The average molecular weight is 384 g/mol. The summed E-state index contributed by atoms with van der Waals surface area (Å²) in [6.45, 7) is 1.78. The summed E-state index contributed by atoms with van der Waals surface area (Å²) in [5, 5.41) is 17.3. The number of hydrogen-bond acceptors (Lipinski definition) is 6. The molecule has 0 aliphatic rings. The minimum absolute atomic E-state index is 0.0171. The van der Waals surface area contributed by atoms with Crippen molar-refractivity contribution in [1.82, 2.24) is 10.7 Å². The number of benzene rings is 2. The molecule has 0 atom stereocenters. The highest BCUT2D eigenvalue weighted by Gasteiger charge is 2.10. The molecule has 2 rings (SSSR count). The smallest absolute Gasteiger partial charge is 0.272 e. The Morgan fingerprint density at radius 3 is 2.57 bits per heavy atom. The van der Waals surface area contributed by atoms with Crippen molar-refractivity contribution in [2.75, 3.05) is 13.7 Å². The van der Waals surface area contributed by atoms with E-state index in [1.807, 2.05) is 0 Å². The van der Waals surface area contributed by atoms with Gasteiger partial charge in [0.2, 0.25) is 5.91 Å². The Hall–Kier alpha value is -3.75. The highest BCUT2D eigenvalue weighted by molar-refractivity contribution is 5.94. The Morgan fingerprint density at radius 2 is 1.93 bits per heavy atom. The van der Waals surface area contributed by atoms with Crippen molar-refractivity contribution in [3.8, 4) is 5.75 Å². The van der Waals surface area contributed by atoms with Gasteiger partial charge in [-0.3, -0.25) is 19.7 Å². The topological polar surface area (TPSA) is 123 Å². The first-order valence-corrected chi connectivity index (χ1v) is 8.40. The fraction of sp³-hybridized carbons (Fsp3) is 0.211. The van der Waals surface area contributed by atoms with Crippen LogP contribution < -0.4 is 15.5 Å². The summed E-state index contributed by atoms with van der Waals surface area (Å²) in [6.07, 6.45) is 1.35. The normalized spacial score (nSPS) is 10.5. The molecule has 2 aromatic rings. The number of aryl methyl sites for hydroxylation is 1. The van der Waals surface area contributed by atoms with E-state index < -0.39 is 10.8 Å². The molecule has 0 aliphatic carbocycles. The molecule has 0 aliphatic heterocycles. The lowest BCUT2D eigenvalue weighted by Crippen LogP contribution is -2.29. The fourth-order valence-corrected chi connectivity index (χ4v) is 2.27. The van der Waals surface area contributed by atoms with E-state index in [0.717, 1.165) is 0 Å². The Bertz CT molecular complexity index is 894. The third kappa shape index (κ3) is 5.90. The van der Waals surface area contributed by atoms with Gasteiger partial charge in [-0.05, 0) is 31.2 Å². The third-order valence-electron chi connectivity index (χ3n) is 3.82. The molecule has 0 fully saturated rings. The van der Waals surface area contributed by atoms with E-state index in [9.17, 15) is 19.7 Å². The van der Waals surface area contributed by atoms with Gasteiger partial charge in [-0.25, -0.2) is 5.43 Å². The first kappa shape index (κ1) is 20.6. The van der Waals surface area contributed by atoms with E-state index in [1.165, 1.54) is 19.4 Å². The highest BCUT2D eigenvalue weighted by Crippen LogP contribution is 2.18. The van der Waals surface area contributed by atoms with Crippen LogP contribution in [0.15, 0.2) is 47.6 Å². The Kier molecular flexibility index (Phi) is 7.21. The van der Waals surface area contributed by atoms with Crippen molar-refractivity contribution >= 4 is 23.7 Å². The van der Waals surface area contributed by atoms with Crippen LogP contribution in [0.25, 0.3) is 0 Å². The molecule has 0 unspecified atom stereocenters. The average Bonchev–Trinajstić information content (AvgIpc) is 2.69. The minimum Gasteiger partial charge on any atom is -0.497 e. The molecule has 146 valence electrons. The lowest BCUT2D eigenvalue weighted by Gasteiger charge is -2.05. The van der Waals surface area contributed by atoms with Crippen molar-refractivity contribution in [3.63, 3.8) is 0 Å². The lowest BCUT2D eigenvalue weighted by atomic mass is 10.1. The number of carbonyl (C=O) groups excluding carboxylic acids is 2. The van der Waals surface area contributed by atoms with E-state index >= 15 is 0 Å². The zero-order chi connectivity index (χ0) is 20.5. The van der Waals surface area contributed by atoms with Gasteiger partial charge in [0.25, 0.3) is 11.6 Å². The number of ether oxygens (including phenoxy) is 1. The van der Waals surface area contributed by atoms with Crippen molar-refractivity contribution in [2.24, 2.45) is 5.10 Å². The molecule has 2 N–H and O–H groups in total. The zero-order valence-electron chi connectivity index (χ0n) is 15.5. The van der Waals surface area contributed by atoms with Gasteiger partial charge in [-0.1, -0.05) is 12.1 Å². The maximum atomic E-state index is 12.0. The number of nitro groups is 1. The maximum Gasteiger partial charge on any atom is 0.272 e. The fourth-order valence-electron chi connectivity index (χ4n) is 2.27. The predicted molar refractivity (Wildman–Crippen MR) is 104 cm³/mol. The summed E-state index contributed by atoms with van der Waals surface area (Å²) in [5.41, 5.74) is 3.79. The van der Waals surface area contributed by atoms with E-state index in [1.54, 1.807) is 43.3 Å². The summed E-state index contributed by atoms with van der Waals surface area (Å²) in [5.74, 6) is -0.0495. The number of methoxy groups -OCH3 is 1. The quantitative estimate of drug-likeness (QED) is 0.410. The molecule has 9 nitrogen and oxygen atoms in total. The second-order valence-electron chi connectivity index (χ2n) is 5.83. The molecule has 0 spiro atoms. The number of nitrogens with zero attached hydrogens (tertiary/aromatic N) is 2. The number of nitrogens with one attached hydrogen (secondary N) is 2. The van der Waals surface area contributed by atoms with E-state index in [4.69, 9.17) is 4.74 Å². The van der Waals surface area contributed by atoms with Crippen LogP contribution in [0, 0.1) is 17.0 Å². The molecule has 0 aromatic heterocycles. The summed E-state index contributed by atoms with van der Waals surface area (Å²) in [4.78, 5) is 34.2. The van der Waals surface area contributed by atoms with E-state index in [0.29, 0.717) is 22.4 Å². The maximum absolute atomic E-state index is 12.0. The van der Waals surface area contributed by atoms with Crippen LogP contribution in [-0.4, -0.2) is 36.6 Å². The molecule has 0 heterocycles. The molecule has 2 amide bonds. The van der Waals surface area contributed by atoms with Gasteiger partial charge in [-0.2, -0.15) is 5.10 Å². The van der Waals surface area contributed by atoms with Gasteiger partial charge in [0, 0.05) is 35.7 Å². The largest absolute Gasteiger partial charge is 0.497 e. The molecule has 28 heavy (non-hydrogen) atoms. The third-order valence-corrected chi connectivity index (χ3v) is 3.82. The molecule has 0 saturated carbocycles. The monoisotopic (exact) mass is 384 g/mol. The van der Waals surface area contributed by atoms with Crippen LogP contribution in [0.5, 0.6) is 5.75 Å². The summed E-state index contributed by atoms with van der Waals surface area (Å²) < 4.78 is 5.02. The van der Waals surface area contributed by atoms with E-state index in [2.05, 4.69) is 15.8 Å². The van der Waals surface area contributed by atoms with Crippen molar-refractivity contribution in [2.45, 2.75) is 13.3 Å². The number of hydrazone groups is 1. The standard InChI is InChI=1S/C19H20N4O5/c1-13-3-4-14(11-17(13)23(26)27)12-21-22-18(24)9-10-20-19(25)15-5-7-16(28-2)8-6-15/h3-8,11-12H,9-10H2,1-2H3,(H,20,25)(H,22,24). The summed E-state index contributed by atoms with van der Waals surface area (Å²) in [6, 6.07) is 11.2.